The lowest BCUT2D eigenvalue weighted by molar-refractivity contribution is -0.139. The molecule has 1 aliphatic heterocycles. The molecule has 1 aliphatic rings. The van der Waals surface area contributed by atoms with Crippen LogP contribution in [0.3, 0.4) is 0 Å². The predicted octanol–water partition coefficient (Wildman–Crippen LogP) is 2.46. The minimum Gasteiger partial charge on any atom is -0.331 e. The molecule has 1 saturated heterocycles. The number of thiophene rings is 1. The van der Waals surface area contributed by atoms with E-state index < -0.39 is 0 Å². The maximum atomic E-state index is 12.0. The van der Waals surface area contributed by atoms with Crippen LogP contribution < -0.4 is 5.73 Å². The maximum Gasteiger partial charge on any atom is 0.223 e. The van der Waals surface area contributed by atoms with Crippen molar-refractivity contribution in [3.63, 3.8) is 0 Å². The molecule has 1 aromatic rings. The largest absolute Gasteiger partial charge is 0.331 e. The van der Waals surface area contributed by atoms with Crippen molar-refractivity contribution in [2.75, 3.05) is 0 Å². The van der Waals surface area contributed by atoms with E-state index in [1.165, 1.54) is 9.75 Å². The van der Waals surface area contributed by atoms with Gasteiger partial charge in [0.25, 0.3) is 0 Å². The number of piperidine rings is 1. The van der Waals surface area contributed by atoms with Crippen molar-refractivity contribution in [3.05, 3.63) is 21.9 Å². The highest BCUT2D eigenvalue weighted by Crippen LogP contribution is 2.35. The summed E-state index contributed by atoms with van der Waals surface area (Å²) in [6, 6.07) is 4.55. The molecule has 3 nitrogen and oxygen atoms in total. The highest BCUT2D eigenvalue weighted by Gasteiger charge is 2.36. The molecule has 0 aliphatic carbocycles. The van der Waals surface area contributed by atoms with Crippen LogP contribution >= 0.6 is 11.3 Å². The van der Waals surface area contributed by atoms with Crippen molar-refractivity contribution >= 4 is 17.2 Å². The minimum absolute atomic E-state index is 0.0631. The maximum absolute atomic E-state index is 12.0. The zero-order chi connectivity index (χ0) is 12.6. The Morgan fingerprint density at radius 1 is 1.47 bits per heavy atom. The van der Waals surface area contributed by atoms with E-state index >= 15 is 0 Å². The van der Waals surface area contributed by atoms with Gasteiger partial charge in [-0.05, 0) is 39.3 Å². The standard InChI is InChI=1S/C13H20N2OS/c1-8(2)15-12(16)7-5-10(14)13(15)11-6-4-9(3)17-11/h4,6,8,10,13H,5,7,14H2,1-3H3. The Bertz CT molecular complexity index is 413. The van der Waals surface area contributed by atoms with E-state index in [4.69, 9.17) is 5.73 Å². The second-order valence-electron chi connectivity index (χ2n) is 4.99. The van der Waals surface area contributed by atoms with Gasteiger partial charge in [-0.2, -0.15) is 0 Å². The highest BCUT2D eigenvalue weighted by atomic mass is 32.1. The average Bonchev–Trinajstić information content (AvgIpc) is 2.67. The quantitative estimate of drug-likeness (QED) is 0.879. The summed E-state index contributed by atoms with van der Waals surface area (Å²) in [4.78, 5) is 16.5. The van der Waals surface area contributed by atoms with Crippen LogP contribution in [0.5, 0.6) is 0 Å². The third kappa shape index (κ3) is 2.38. The Hall–Kier alpha value is -0.870. The molecule has 0 aromatic carbocycles. The van der Waals surface area contributed by atoms with Gasteiger partial charge in [-0.25, -0.2) is 0 Å². The van der Waals surface area contributed by atoms with E-state index in [-0.39, 0.29) is 24.0 Å². The number of likely N-dealkylation sites (tertiary alicyclic amines) is 1. The molecular weight excluding hydrogens is 232 g/mol. The van der Waals surface area contributed by atoms with E-state index in [2.05, 4.69) is 32.9 Å². The first kappa shape index (κ1) is 12.6. The van der Waals surface area contributed by atoms with Crippen molar-refractivity contribution in [1.82, 2.24) is 4.90 Å². The molecule has 4 heteroatoms. The summed E-state index contributed by atoms with van der Waals surface area (Å²) in [5.74, 6) is 0.234. The number of rotatable bonds is 2. The second kappa shape index (κ2) is 4.78. The Kier molecular flexibility index (Phi) is 3.54. The van der Waals surface area contributed by atoms with Crippen LogP contribution in [0, 0.1) is 6.92 Å². The number of nitrogens with zero attached hydrogens (tertiary/aromatic N) is 1. The molecule has 0 radical (unpaired) electrons. The highest BCUT2D eigenvalue weighted by molar-refractivity contribution is 7.12. The SMILES string of the molecule is Cc1ccc(C2C(N)CCC(=O)N2C(C)C)s1. The molecule has 17 heavy (non-hydrogen) atoms. The van der Waals surface area contributed by atoms with Gasteiger partial charge in [-0.3, -0.25) is 4.79 Å². The number of hydrogen-bond donors (Lipinski definition) is 1. The molecule has 94 valence electrons. The molecule has 0 saturated carbocycles. The van der Waals surface area contributed by atoms with Crippen molar-refractivity contribution in [2.24, 2.45) is 5.73 Å². The summed E-state index contributed by atoms with van der Waals surface area (Å²) in [7, 11) is 0. The van der Waals surface area contributed by atoms with Crippen LogP contribution in [-0.4, -0.2) is 22.9 Å². The van der Waals surface area contributed by atoms with Gasteiger partial charge in [0.05, 0.1) is 6.04 Å². The van der Waals surface area contributed by atoms with Gasteiger partial charge in [0.1, 0.15) is 0 Å². The molecule has 0 bridgehead atoms. The summed E-state index contributed by atoms with van der Waals surface area (Å²) in [5, 5.41) is 0. The lowest BCUT2D eigenvalue weighted by atomic mass is 9.94. The predicted molar refractivity (Wildman–Crippen MR) is 71.0 cm³/mol. The fourth-order valence-corrected chi connectivity index (χ4v) is 3.56. The third-order valence-electron chi connectivity index (χ3n) is 3.29. The zero-order valence-corrected chi connectivity index (χ0v) is 11.5. The van der Waals surface area contributed by atoms with Crippen LogP contribution in [0.15, 0.2) is 12.1 Å². The van der Waals surface area contributed by atoms with Gasteiger partial charge in [-0.15, -0.1) is 11.3 Å². The molecule has 2 rings (SSSR count). The number of carbonyl (C=O) groups excluding carboxylic acids is 1. The lowest BCUT2D eigenvalue weighted by Crippen LogP contribution is -2.51. The first-order chi connectivity index (χ1) is 8.00. The van der Waals surface area contributed by atoms with Gasteiger partial charge in [0.15, 0.2) is 0 Å². The van der Waals surface area contributed by atoms with Gasteiger partial charge in [0.2, 0.25) is 5.91 Å². The number of carbonyl (C=O) groups is 1. The van der Waals surface area contributed by atoms with E-state index in [0.29, 0.717) is 6.42 Å². The van der Waals surface area contributed by atoms with Crippen LogP contribution in [-0.2, 0) is 4.79 Å². The van der Waals surface area contributed by atoms with Gasteiger partial charge in [0, 0.05) is 28.3 Å². The smallest absolute Gasteiger partial charge is 0.223 e. The summed E-state index contributed by atoms with van der Waals surface area (Å²) >= 11 is 1.75. The normalized spacial score (nSPS) is 25.7. The Balaban J connectivity index is 2.35. The average molecular weight is 252 g/mol. The molecular formula is C13H20N2OS. The summed E-state index contributed by atoms with van der Waals surface area (Å²) in [6.45, 7) is 6.21. The number of amides is 1. The topological polar surface area (TPSA) is 46.3 Å². The molecule has 2 unspecified atom stereocenters. The second-order valence-corrected chi connectivity index (χ2v) is 6.31. The number of nitrogens with two attached hydrogens (primary N) is 1. The Morgan fingerprint density at radius 3 is 2.71 bits per heavy atom. The Morgan fingerprint density at radius 2 is 2.18 bits per heavy atom. The number of aryl methyl sites for hydroxylation is 1. The van der Waals surface area contributed by atoms with Gasteiger partial charge < -0.3 is 10.6 Å². The summed E-state index contributed by atoms with van der Waals surface area (Å²) in [6.07, 6.45) is 1.38. The monoisotopic (exact) mass is 252 g/mol. The first-order valence-electron chi connectivity index (χ1n) is 6.13. The van der Waals surface area contributed by atoms with Crippen molar-refractivity contribution in [2.45, 2.75) is 51.7 Å². The summed E-state index contributed by atoms with van der Waals surface area (Å²) < 4.78 is 0. The van der Waals surface area contributed by atoms with Crippen molar-refractivity contribution < 1.29 is 4.79 Å². The molecule has 2 N–H and O–H groups in total. The van der Waals surface area contributed by atoms with E-state index in [9.17, 15) is 4.79 Å². The molecule has 1 fully saturated rings. The van der Waals surface area contributed by atoms with Crippen LogP contribution in [0.25, 0.3) is 0 Å². The lowest BCUT2D eigenvalue weighted by Gasteiger charge is -2.41. The fraction of sp³-hybridized carbons (Fsp3) is 0.615. The molecule has 1 aromatic heterocycles. The van der Waals surface area contributed by atoms with E-state index in [1.807, 2.05) is 4.90 Å². The van der Waals surface area contributed by atoms with E-state index in [1.54, 1.807) is 11.3 Å². The van der Waals surface area contributed by atoms with Crippen molar-refractivity contribution in [3.8, 4) is 0 Å². The molecule has 0 spiro atoms. The van der Waals surface area contributed by atoms with Crippen molar-refractivity contribution in [1.29, 1.82) is 0 Å². The fourth-order valence-electron chi connectivity index (χ4n) is 2.51. The molecule has 2 heterocycles. The molecule has 1 amide bonds. The van der Waals surface area contributed by atoms with E-state index in [0.717, 1.165) is 6.42 Å². The van der Waals surface area contributed by atoms with Crippen LogP contribution in [0.4, 0.5) is 0 Å². The van der Waals surface area contributed by atoms with Crippen LogP contribution in [0.2, 0.25) is 0 Å². The van der Waals surface area contributed by atoms with Crippen LogP contribution in [0.1, 0.15) is 42.5 Å². The van der Waals surface area contributed by atoms with Gasteiger partial charge in [-0.1, -0.05) is 0 Å². The summed E-state index contributed by atoms with van der Waals surface area (Å²) in [5.41, 5.74) is 6.22. The Labute approximate surface area is 107 Å². The van der Waals surface area contributed by atoms with Gasteiger partial charge >= 0.3 is 0 Å². The first-order valence-corrected chi connectivity index (χ1v) is 6.95. The zero-order valence-electron chi connectivity index (χ0n) is 10.6. The molecule has 2 atom stereocenters. The number of hydrogen-bond acceptors (Lipinski definition) is 3. The third-order valence-corrected chi connectivity index (χ3v) is 4.37. The minimum atomic E-state index is 0.0631.